The number of H-pyrrole nitrogens is 1. The highest BCUT2D eigenvalue weighted by Gasteiger charge is 2.05. The lowest BCUT2D eigenvalue weighted by atomic mass is 10.2. The number of rotatable bonds is 4. The van der Waals surface area contributed by atoms with E-state index in [0.29, 0.717) is 12.6 Å². The van der Waals surface area contributed by atoms with Crippen molar-refractivity contribution >= 4 is 0 Å². The van der Waals surface area contributed by atoms with Crippen LogP contribution in [0, 0.1) is 6.92 Å². The van der Waals surface area contributed by atoms with Gasteiger partial charge >= 0.3 is 0 Å². The lowest BCUT2D eigenvalue weighted by molar-refractivity contribution is 0.571. The van der Waals surface area contributed by atoms with Crippen LogP contribution in [-0.4, -0.2) is 21.0 Å². The summed E-state index contributed by atoms with van der Waals surface area (Å²) >= 11 is 0. The van der Waals surface area contributed by atoms with Gasteiger partial charge < -0.3 is 10.3 Å². The van der Waals surface area contributed by atoms with Crippen molar-refractivity contribution in [2.75, 3.05) is 0 Å². The number of aromatic nitrogens is 3. The van der Waals surface area contributed by atoms with E-state index in [0.717, 1.165) is 22.8 Å². The second-order valence-corrected chi connectivity index (χ2v) is 4.45. The van der Waals surface area contributed by atoms with E-state index in [9.17, 15) is 0 Å². The molecule has 0 saturated carbocycles. The molecule has 90 valence electrons. The molecule has 0 amide bonds. The van der Waals surface area contributed by atoms with Gasteiger partial charge in [0.05, 0.1) is 12.2 Å². The normalized spacial score (nSPS) is 11.1. The van der Waals surface area contributed by atoms with Gasteiger partial charge in [-0.15, -0.1) is 0 Å². The quantitative estimate of drug-likeness (QED) is 0.847. The monoisotopic (exact) mass is 230 g/mol. The molecule has 17 heavy (non-hydrogen) atoms. The third-order valence-electron chi connectivity index (χ3n) is 2.46. The van der Waals surface area contributed by atoms with Crippen LogP contribution in [0.1, 0.15) is 25.4 Å². The molecule has 0 spiro atoms. The van der Waals surface area contributed by atoms with E-state index >= 15 is 0 Å². The number of nitrogens with one attached hydrogen (secondary N) is 2. The largest absolute Gasteiger partial charge is 0.367 e. The highest BCUT2D eigenvalue weighted by Crippen LogP contribution is 2.16. The molecule has 0 unspecified atom stereocenters. The second kappa shape index (κ2) is 5.10. The van der Waals surface area contributed by atoms with Gasteiger partial charge in [-0.05, 0) is 19.1 Å². The minimum absolute atomic E-state index is 0.440. The third-order valence-corrected chi connectivity index (χ3v) is 2.46. The summed E-state index contributed by atoms with van der Waals surface area (Å²) in [6.07, 6.45) is 3.85. The molecule has 0 aliphatic rings. The molecule has 2 rings (SSSR count). The van der Waals surface area contributed by atoms with Crippen LogP contribution in [0.3, 0.4) is 0 Å². The maximum atomic E-state index is 4.55. The van der Waals surface area contributed by atoms with E-state index in [-0.39, 0.29) is 0 Å². The number of nitrogens with zero attached hydrogens (tertiary/aromatic N) is 2. The van der Waals surface area contributed by atoms with E-state index < -0.39 is 0 Å². The van der Waals surface area contributed by atoms with Crippen LogP contribution in [0.4, 0.5) is 0 Å². The Hall–Kier alpha value is -1.68. The molecule has 0 aromatic carbocycles. The zero-order valence-corrected chi connectivity index (χ0v) is 10.5. The van der Waals surface area contributed by atoms with Gasteiger partial charge in [0.2, 0.25) is 0 Å². The Labute approximate surface area is 102 Å². The fraction of sp³-hybridized carbons (Fsp3) is 0.385. The summed E-state index contributed by atoms with van der Waals surface area (Å²) in [5.74, 6) is 0.843. The van der Waals surface area contributed by atoms with Crippen molar-refractivity contribution in [3.63, 3.8) is 0 Å². The smallest absolute Gasteiger partial charge is 0.143 e. The fourth-order valence-electron chi connectivity index (χ4n) is 1.64. The molecule has 2 heterocycles. The second-order valence-electron chi connectivity index (χ2n) is 4.45. The van der Waals surface area contributed by atoms with Gasteiger partial charge in [0, 0.05) is 29.7 Å². The number of aromatic amines is 1. The number of hydrogen-bond acceptors (Lipinski definition) is 3. The lowest BCUT2D eigenvalue weighted by Crippen LogP contribution is -2.23. The molecule has 0 atom stereocenters. The molecule has 0 saturated heterocycles. The molecule has 0 bridgehead atoms. The lowest BCUT2D eigenvalue weighted by Gasteiger charge is -2.08. The Kier molecular flexibility index (Phi) is 3.54. The Morgan fingerprint density at radius 1 is 1.35 bits per heavy atom. The zero-order chi connectivity index (χ0) is 12.3. The summed E-state index contributed by atoms with van der Waals surface area (Å²) in [7, 11) is 0. The summed E-state index contributed by atoms with van der Waals surface area (Å²) < 4.78 is 0. The first-order chi connectivity index (χ1) is 8.15. The van der Waals surface area contributed by atoms with Crippen LogP contribution in [0.15, 0.2) is 24.5 Å². The van der Waals surface area contributed by atoms with Gasteiger partial charge in [-0.2, -0.15) is 0 Å². The van der Waals surface area contributed by atoms with Gasteiger partial charge in [-0.1, -0.05) is 13.8 Å². The van der Waals surface area contributed by atoms with Crippen LogP contribution in [0.25, 0.3) is 11.3 Å². The molecular weight excluding hydrogens is 212 g/mol. The summed E-state index contributed by atoms with van der Waals surface area (Å²) in [4.78, 5) is 12.0. The molecule has 0 aliphatic carbocycles. The average Bonchev–Trinajstić information content (AvgIpc) is 2.79. The third kappa shape index (κ3) is 3.14. The maximum absolute atomic E-state index is 4.55. The fourth-order valence-corrected chi connectivity index (χ4v) is 1.64. The van der Waals surface area contributed by atoms with E-state index in [1.807, 2.05) is 31.5 Å². The molecule has 2 aromatic heterocycles. The molecule has 0 aliphatic heterocycles. The number of hydrogen-bond donors (Lipinski definition) is 2. The first-order valence-electron chi connectivity index (χ1n) is 5.86. The van der Waals surface area contributed by atoms with Crippen molar-refractivity contribution in [3.05, 3.63) is 36.0 Å². The van der Waals surface area contributed by atoms with Crippen molar-refractivity contribution in [1.29, 1.82) is 0 Å². The molecular formula is C13H18N4. The highest BCUT2D eigenvalue weighted by molar-refractivity contribution is 5.58. The predicted molar refractivity (Wildman–Crippen MR) is 68.5 cm³/mol. The molecule has 0 radical (unpaired) electrons. The van der Waals surface area contributed by atoms with Gasteiger partial charge in [0.1, 0.15) is 5.82 Å². The molecule has 0 fully saturated rings. The van der Waals surface area contributed by atoms with E-state index in [1.54, 1.807) is 0 Å². The Bertz CT molecular complexity index is 474. The number of aryl methyl sites for hydroxylation is 1. The van der Waals surface area contributed by atoms with Gasteiger partial charge in [-0.3, -0.25) is 0 Å². The standard InChI is InChI=1S/C13H18N4/c1-9(2)15-8-13-16-10(3)6-12(17-13)11-4-5-14-7-11/h4-7,9,14-15H,8H2,1-3H3. The highest BCUT2D eigenvalue weighted by atomic mass is 15.0. The van der Waals surface area contributed by atoms with Crippen LogP contribution < -0.4 is 5.32 Å². The summed E-state index contributed by atoms with van der Waals surface area (Å²) in [5, 5.41) is 3.33. The Balaban J connectivity index is 2.24. The van der Waals surface area contributed by atoms with Crippen molar-refractivity contribution in [3.8, 4) is 11.3 Å². The molecule has 4 nitrogen and oxygen atoms in total. The zero-order valence-electron chi connectivity index (χ0n) is 10.5. The molecule has 4 heteroatoms. The van der Waals surface area contributed by atoms with Gasteiger partial charge in [-0.25, -0.2) is 9.97 Å². The Morgan fingerprint density at radius 3 is 2.82 bits per heavy atom. The summed E-state index contributed by atoms with van der Waals surface area (Å²) in [6.45, 7) is 6.93. The first-order valence-corrected chi connectivity index (χ1v) is 5.86. The van der Waals surface area contributed by atoms with Crippen molar-refractivity contribution in [2.45, 2.75) is 33.4 Å². The minimum atomic E-state index is 0.440. The van der Waals surface area contributed by atoms with Crippen molar-refractivity contribution in [2.24, 2.45) is 0 Å². The van der Waals surface area contributed by atoms with E-state index in [4.69, 9.17) is 0 Å². The summed E-state index contributed by atoms with van der Waals surface area (Å²) in [6, 6.07) is 4.46. The summed E-state index contributed by atoms with van der Waals surface area (Å²) in [5.41, 5.74) is 3.07. The predicted octanol–water partition coefficient (Wildman–Crippen LogP) is 2.28. The van der Waals surface area contributed by atoms with Crippen LogP contribution in [0.2, 0.25) is 0 Å². The van der Waals surface area contributed by atoms with Crippen LogP contribution >= 0.6 is 0 Å². The van der Waals surface area contributed by atoms with Crippen LogP contribution in [-0.2, 0) is 6.54 Å². The van der Waals surface area contributed by atoms with Crippen LogP contribution in [0.5, 0.6) is 0 Å². The Morgan fingerprint density at radius 2 is 2.18 bits per heavy atom. The van der Waals surface area contributed by atoms with Gasteiger partial charge in [0.15, 0.2) is 0 Å². The molecule has 2 N–H and O–H groups in total. The van der Waals surface area contributed by atoms with Crippen molar-refractivity contribution < 1.29 is 0 Å². The van der Waals surface area contributed by atoms with E-state index in [1.165, 1.54) is 0 Å². The van der Waals surface area contributed by atoms with Crippen molar-refractivity contribution in [1.82, 2.24) is 20.3 Å². The SMILES string of the molecule is Cc1cc(-c2cc[nH]c2)nc(CNC(C)C)n1. The topological polar surface area (TPSA) is 53.6 Å². The maximum Gasteiger partial charge on any atom is 0.143 e. The molecule has 2 aromatic rings. The van der Waals surface area contributed by atoms with Gasteiger partial charge in [0.25, 0.3) is 0 Å². The average molecular weight is 230 g/mol. The van der Waals surface area contributed by atoms with E-state index in [2.05, 4.69) is 34.1 Å². The first kappa shape index (κ1) is 11.8. The minimum Gasteiger partial charge on any atom is -0.367 e.